The molecule has 3 aliphatic rings. The number of carbonyl (C=O) groups excluding carboxylic acids is 2. The number of hydrogen-bond donors (Lipinski definition) is 1. The third-order valence-corrected chi connectivity index (χ3v) is 7.53. The molecule has 0 saturated carbocycles. The Morgan fingerprint density at radius 1 is 1.15 bits per heavy atom. The van der Waals surface area contributed by atoms with Crippen molar-refractivity contribution in [2.24, 2.45) is 0 Å². The van der Waals surface area contributed by atoms with E-state index < -0.39 is 0 Å². The smallest absolute Gasteiger partial charge is 0.257 e. The Morgan fingerprint density at radius 3 is 2.56 bits per heavy atom. The van der Waals surface area contributed by atoms with Crippen LogP contribution < -0.4 is 5.32 Å². The number of anilines is 1. The Balaban J connectivity index is 1.28. The minimum Gasteiger partial charge on any atom is -0.368 e. The second-order valence-electron chi connectivity index (χ2n) is 9.71. The monoisotopic (exact) mass is 482 g/mol. The van der Waals surface area contributed by atoms with Crippen molar-refractivity contribution in [3.63, 3.8) is 0 Å². The van der Waals surface area contributed by atoms with Crippen LogP contribution in [0.25, 0.3) is 0 Å². The Kier molecular flexibility index (Phi) is 6.60. The number of fused-ring (bicyclic) bond motifs is 2. The molecule has 2 bridgehead atoms. The number of carbonyl (C=O) groups is 2. The quantitative estimate of drug-likeness (QED) is 0.698. The normalized spacial score (nSPS) is 24.4. The lowest BCUT2D eigenvalue weighted by atomic mass is 10.0. The molecule has 4 heterocycles. The molecule has 5 rings (SSSR count). The first-order chi connectivity index (χ1) is 16.4. The molecular weight excluding hydrogens is 452 g/mol. The van der Waals surface area contributed by atoms with Gasteiger partial charge in [0.25, 0.3) is 11.8 Å². The van der Waals surface area contributed by atoms with Crippen molar-refractivity contribution >= 4 is 29.1 Å². The van der Waals surface area contributed by atoms with Gasteiger partial charge in [-0.15, -0.1) is 0 Å². The number of likely N-dealkylation sites (tertiary alicyclic amines) is 1. The van der Waals surface area contributed by atoms with Gasteiger partial charge in [0.05, 0.1) is 5.56 Å². The summed E-state index contributed by atoms with van der Waals surface area (Å²) in [5, 5.41) is 3.59. The number of aryl methyl sites for hydroxylation is 1. The van der Waals surface area contributed by atoms with Crippen molar-refractivity contribution in [3.05, 3.63) is 57.9 Å². The van der Waals surface area contributed by atoms with Crippen molar-refractivity contribution in [1.29, 1.82) is 0 Å². The Bertz CT molecular complexity index is 1070. The highest BCUT2D eigenvalue weighted by Crippen LogP contribution is 2.34. The molecule has 1 N–H and O–H groups in total. The van der Waals surface area contributed by atoms with Gasteiger partial charge < -0.3 is 15.0 Å². The molecule has 0 spiro atoms. The summed E-state index contributed by atoms with van der Waals surface area (Å²) in [4.78, 5) is 34.5. The lowest BCUT2D eigenvalue weighted by Gasteiger charge is -2.42. The lowest BCUT2D eigenvalue weighted by Crippen LogP contribution is -2.57. The summed E-state index contributed by atoms with van der Waals surface area (Å²) in [5.41, 5.74) is 4.17. The molecule has 7 nitrogen and oxygen atoms in total. The molecule has 0 radical (unpaired) electrons. The van der Waals surface area contributed by atoms with E-state index in [-0.39, 0.29) is 30.0 Å². The van der Waals surface area contributed by atoms with E-state index in [9.17, 15) is 9.59 Å². The molecule has 3 aliphatic heterocycles. The first-order valence-electron chi connectivity index (χ1n) is 12.1. The molecule has 3 atom stereocenters. The Morgan fingerprint density at radius 2 is 1.91 bits per heavy atom. The number of amides is 2. The van der Waals surface area contributed by atoms with Crippen LogP contribution in [0.5, 0.6) is 0 Å². The van der Waals surface area contributed by atoms with Gasteiger partial charge >= 0.3 is 0 Å². The maximum atomic E-state index is 13.0. The molecule has 0 aliphatic carbocycles. The van der Waals surface area contributed by atoms with Gasteiger partial charge in [0.2, 0.25) is 0 Å². The van der Waals surface area contributed by atoms with E-state index in [0.29, 0.717) is 22.9 Å². The van der Waals surface area contributed by atoms with Gasteiger partial charge in [-0.3, -0.25) is 19.5 Å². The predicted octanol–water partition coefficient (Wildman–Crippen LogP) is 3.96. The third-order valence-electron chi connectivity index (χ3n) is 7.31. The zero-order chi connectivity index (χ0) is 23.8. The van der Waals surface area contributed by atoms with E-state index in [1.165, 1.54) is 0 Å². The van der Waals surface area contributed by atoms with Crippen LogP contribution in [0.4, 0.5) is 5.69 Å². The van der Waals surface area contributed by atoms with Crippen molar-refractivity contribution in [2.45, 2.75) is 64.3 Å². The number of rotatable bonds is 5. The molecule has 3 fully saturated rings. The fourth-order valence-electron chi connectivity index (χ4n) is 5.48. The maximum absolute atomic E-state index is 13.0. The maximum Gasteiger partial charge on any atom is 0.257 e. The Labute approximate surface area is 205 Å². The molecule has 3 saturated heterocycles. The molecule has 180 valence electrons. The summed E-state index contributed by atoms with van der Waals surface area (Å²) in [7, 11) is 0. The molecule has 1 aromatic heterocycles. The SMILES string of the molecule is Cc1ccc(C(=O)Nc2cc(Cl)cc(CN3CC4CCC(C3)N4C(=O)[C@@H]3CCCO3)c2C)cn1. The highest BCUT2D eigenvalue weighted by Gasteiger charge is 2.45. The van der Waals surface area contributed by atoms with Crippen LogP contribution in [0.15, 0.2) is 30.5 Å². The molecule has 34 heavy (non-hydrogen) atoms. The van der Waals surface area contributed by atoms with Crippen LogP contribution in [0, 0.1) is 13.8 Å². The first kappa shape index (κ1) is 23.3. The van der Waals surface area contributed by atoms with E-state index in [1.54, 1.807) is 18.3 Å². The molecular formula is C26H31ClN4O3. The minimum atomic E-state index is -0.250. The number of nitrogens with one attached hydrogen (secondary N) is 1. The van der Waals surface area contributed by atoms with Crippen molar-refractivity contribution in [1.82, 2.24) is 14.8 Å². The van der Waals surface area contributed by atoms with E-state index in [2.05, 4.69) is 20.1 Å². The van der Waals surface area contributed by atoms with Crippen LogP contribution in [0.2, 0.25) is 5.02 Å². The number of piperazine rings is 1. The fourth-order valence-corrected chi connectivity index (χ4v) is 5.73. The zero-order valence-electron chi connectivity index (χ0n) is 19.7. The number of ether oxygens (including phenoxy) is 1. The van der Waals surface area contributed by atoms with Gasteiger partial charge in [0.1, 0.15) is 6.10 Å². The standard InChI is InChI=1S/C26H31ClN4O3/c1-16-5-6-18(12-28-16)25(32)29-23-11-20(27)10-19(17(23)2)13-30-14-21-7-8-22(15-30)31(21)26(33)24-4-3-9-34-24/h5-6,10-12,21-22,24H,3-4,7-9,13-15H2,1-2H3,(H,29,32)/t21?,22?,24-/m0/s1. The van der Waals surface area contributed by atoms with Crippen LogP contribution in [-0.2, 0) is 16.1 Å². The van der Waals surface area contributed by atoms with Gasteiger partial charge in [-0.05, 0) is 74.9 Å². The summed E-state index contributed by atoms with van der Waals surface area (Å²) in [6.45, 7) is 7.02. The van der Waals surface area contributed by atoms with Crippen LogP contribution >= 0.6 is 11.6 Å². The Hall–Kier alpha value is -2.48. The minimum absolute atomic E-state index is 0.180. The molecule has 2 unspecified atom stereocenters. The summed E-state index contributed by atoms with van der Waals surface area (Å²) < 4.78 is 5.67. The lowest BCUT2D eigenvalue weighted by molar-refractivity contribution is -0.147. The van der Waals surface area contributed by atoms with Gasteiger partial charge in [-0.2, -0.15) is 0 Å². The average Bonchev–Trinajstić information content (AvgIpc) is 3.44. The summed E-state index contributed by atoms with van der Waals surface area (Å²) in [6.07, 6.45) is 5.23. The van der Waals surface area contributed by atoms with E-state index in [0.717, 1.165) is 62.1 Å². The summed E-state index contributed by atoms with van der Waals surface area (Å²) in [6, 6.07) is 7.84. The summed E-state index contributed by atoms with van der Waals surface area (Å²) >= 11 is 6.45. The number of halogens is 1. The highest BCUT2D eigenvalue weighted by molar-refractivity contribution is 6.31. The second kappa shape index (κ2) is 9.64. The molecule has 8 heteroatoms. The largest absolute Gasteiger partial charge is 0.368 e. The number of aromatic nitrogens is 1. The number of pyridine rings is 1. The number of nitrogens with zero attached hydrogens (tertiary/aromatic N) is 3. The van der Waals surface area contributed by atoms with E-state index in [1.807, 2.05) is 26.0 Å². The second-order valence-corrected chi connectivity index (χ2v) is 10.1. The molecule has 2 amide bonds. The average molecular weight is 483 g/mol. The predicted molar refractivity (Wildman–Crippen MR) is 131 cm³/mol. The van der Waals surface area contributed by atoms with E-state index in [4.69, 9.17) is 16.3 Å². The van der Waals surface area contributed by atoms with Gasteiger partial charge in [0.15, 0.2) is 0 Å². The van der Waals surface area contributed by atoms with Crippen LogP contribution in [0.3, 0.4) is 0 Å². The topological polar surface area (TPSA) is 74.8 Å². The van der Waals surface area contributed by atoms with Crippen molar-refractivity contribution in [2.75, 3.05) is 25.0 Å². The number of hydrogen-bond acceptors (Lipinski definition) is 5. The van der Waals surface area contributed by atoms with Gasteiger partial charge in [-0.25, -0.2) is 0 Å². The first-order valence-corrected chi connectivity index (χ1v) is 12.5. The third kappa shape index (κ3) is 4.69. The molecule has 1 aromatic carbocycles. The van der Waals surface area contributed by atoms with E-state index >= 15 is 0 Å². The van der Waals surface area contributed by atoms with Crippen molar-refractivity contribution < 1.29 is 14.3 Å². The fraction of sp³-hybridized carbons (Fsp3) is 0.500. The van der Waals surface area contributed by atoms with Crippen LogP contribution in [-0.4, -0.2) is 64.5 Å². The summed E-state index contributed by atoms with van der Waals surface area (Å²) in [5.74, 6) is -0.0256. The van der Waals surface area contributed by atoms with Crippen molar-refractivity contribution in [3.8, 4) is 0 Å². The van der Waals surface area contributed by atoms with Gasteiger partial charge in [0, 0.05) is 60.9 Å². The van der Waals surface area contributed by atoms with Crippen LogP contribution in [0.1, 0.15) is 52.9 Å². The molecule has 2 aromatic rings. The highest BCUT2D eigenvalue weighted by atomic mass is 35.5. The zero-order valence-corrected chi connectivity index (χ0v) is 20.5. The van der Waals surface area contributed by atoms with Gasteiger partial charge in [-0.1, -0.05) is 11.6 Å². The number of benzene rings is 1.